The van der Waals surface area contributed by atoms with Crippen LogP contribution in [0, 0.1) is 0 Å². The van der Waals surface area contributed by atoms with E-state index in [4.69, 9.17) is 9.47 Å². The van der Waals surface area contributed by atoms with Crippen LogP contribution in [0.15, 0.2) is 42.6 Å². The Morgan fingerprint density at radius 1 is 1.24 bits per heavy atom. The molecule has 0 saturated carbocycles. The van der Waals surface area contributed by atoms with Gasteiger partial charge in [-0.3, -0.25) is 4.79 Å². The van der Waals surface area contributed by atoms with E-state index in [1.54, 1.807) is 0 Å². The van der Waals surface area contributed by atoms with Gasteiger partial charge in [0.2, 0.25) is 5.88 Å². The molecule has 33 heavy (non-hydrogen) atoms. The minimum absolute atomic E-state index is 0.0221. The highest BCUT2D eigenvalue weighted by molar-refractivity contribution is 5.82. The second-order valence-electron chi connectivity index (χ2n) is 8.41. The predicted octanol–water partition coefficient (Wildman–Crippen LogP) is 4.11. The van der Waals surface area contributed by atoms with Crippen LogP contribution in [-0.4, -0.2) is 48.2 Å². The zero-order valence-corrected chi connectivity index (χ0v) is 18.5. The number of amides is 1. The number of carbonyl (C=O) groups excluding carboxylic acids is 1. The smallest absolute Gasteiger partial charge is 0.417 e. The maximum atomic E-state index is 13.3. The van der Waals surface area contributed by atoms with Gasteiger partial charge in [-0.1, -0.05) is 30.3 Å². The third kappa shape index (κ3) is 5.30. The Labute approximate surface area is 191 Å². The number of carbonyl (C=O) groups is 1. The van der Waals surface area contributed by atoms with Crippen LogP contribution in [0.5, 0.6) is 5.88 Å². The molecule has 4 rings (SSSR count). The van der Waals surface area contributed by atoms with Crippen molar-refractivity contribution in [2.24, 2.45) is 0 Å². The molecule has 1 N–H and O–H groups in total. The normalized spacial score (nSPS) is 23.5. The summed E-state index contributed by atoms with van der Waals surface area (Å²) in [6.45, 7) is 1.27. The molecule has 1 aromatic carbocycles. The van der Waals surface area contributed by atoms with Gasteiger partial charge < -0.3 is 19.7 Å². The van der Waals surface area contributed by atoms with Crippen molar-refractivity contribution in [2.75, 3.05) is 20.3 Å². The quantitative estimate of drug-likeness (QED) is 0.699. The molecular formula is C24H28F3N3O3. The van der Waals surface area contributed by atoms with Crippen molar-refractivity contribution < 1.29 is 27.4 Å². The minimum Gasteiger partial charge on any atom is -0.481 e. The summed E-state index contributed by atoms with van der Waals surface area (Å²) in [6.07, 6.45) is -0.842. The van der Waals surface area contributed by atoms with E-state index in [2.05, 4.69) is 10.3 Å². The zero-order chi connectivity index (χ0) is 23.4. The fraction of sp³-hybridized carbons (Fsp3) is 0.500. The van der Waals surface area contributed by atoms with E-state index in [0.29, 0.717) is 31.6 Å². The number of rotatable bonds is 6. The number of nitrogens with zero attached hydrogens (tertiary/aromatic N) is 2. The molecule has 3 atom stereocenters. The predicted molar refractivity (Wildman–Crippen MR) is 116 cm³/mol. The number of aromatic nitrogens is 1. The van der Waals surface area contributed by atoms with Gasteiger partial charge in [0.25, 0.3) is 5.91 Å². The highest BCUT2D eigenvalue weighted by Gasteiger charge is 2.41. The summed E-state index contributed by atoms with van der Waals surface area (Å²) in [5.41, 5.74) is 0.475. The van der Waals surface area contributed by atoms with Crippen LogP contribution in [0.25, 0.3) is 0 Å². The highest BCUT2D eigenvalue weighted by atomic mass is 19.4. The van der Waals surface area contributed by atoms with Gasteiger partial charge in [0.1, 0.15) is 6.10 Å². The lowest BCUT2D eigenvalue weighted by atomic mass is 9.99. The Morgan fingerprint density at radius 2 is 2.03 bits per heavy atom. The van der Waals surface area contributed by atoms with Crippen molar-refractivity contribution in [3.05, 3.63) is 59.3 Å². The van der Waals surface area contributed by atoms with Crippen LogP contribution in [-0.2, 0) is 22.3 Å². The summed E-state index contributed by atoms with van der Waals surface area (Å²) in [6, 6.07) is 10.4. The van der Waals surface area contributed by atoms with Crippen LogP contribution in [0.1, 0.15) is 48.4 Å². The summed E-state index contributed by atoms with van der Waals surface area (Å²) in [5, 5.41) is 3.37. The van der Waals surface area contributed by atoms with Gasteiger partial charge in [0, 0.05) is 37.5 Å². The molecular weight excluding hydrogens is 435 g/mol. The van der Waals surface area contributed by atoms with E-state index in [0.717, 1.165) is 30.7 Å². The molecule has 3 heterocycles. The van der Waals surface area contributed by atoms with Crippen LogP contribution in [0.4, 0.5) is 13.2 Å². The molecule has 2 aromatic rings. The molecule has 0 aliphatic carbocycles. The SMILES string of the molecule is COc1ncc(C(F)(F)F)cc1CNC1CCN(C(=O)[C@@H]2CCCCO2)C1c1ccccc1. The molecule has 2 saturated heterocycles. The molecule has 0 spiro atoms. The summed E-state index contributed by atoms with van der Waals surface area (Å²) >= 11 is 0. The fourth-order valence-electron chi connectivity index (χ4n) is 4.64. The highest BCUT2D eigenvalue weighted by Crippen LogP contribution is 2.35. The Hall–Kier alpha value is -2.65. The van der Waals surface area contributed by atoms with Gasteiger partial charge >= 0.3 is 6.18 Å². The van der Waals surface area contributed by atoms with Crippen LogP contribution in [0.3, 0.4) is 0 Å². The van der Waals surface area contributed by atoms with Crippen LogP contribution >= 0.6 is 0 Å². The van der Waals surface area contributed by atoms with E-state index in [-0.39, 0.29) is 30.4 Å². The Bertz CT molecular complexity index is 949. The molecule has 9 heteroatoms. The van der Waals surface area contributed by atoms with E-state index >= 15 is 0 Å². The number of alkyl halides is 3. The number of halogens is 3. The number of pyridine rings is 1. The van der Waals surface area contributed by atoms with E-state index in [1.807, 2.05) is 35.2 Å². The van der Waals surface area contributed by atoms with E-state index in [1.165, 1.54) is 7.11 Å². The van der Waals surface area contributed by atoms with Gasteiger partial charge in [-0.25, -0.2) is 4.98 Å². The third-order valence-electron chi connectivity index (χ3n) is 6.28. The van der Waals surface area contributed by atoms with Gasteiger partial charge in [0.15, 0.2) is 0 Å². The lowest BCUT2D eigenvalue weighted by molar-refractivity contribution is -0.147. The molecule has 0 radical (unpaired) electrons. The van der Waals surface area contributed by atoms with E-state index in [9.17, 15) is 18.0 Å². The molecule has 178 valence electrons. The molecule has 0 bridgehead atoms. The largest absolute Gasteiger partial charge is 0.481 e. The average molecular weight is 464 g/mol. The van der Waals surface area contributed by atoms with Crippen molar-refractivity contribution in [1.82, 2.24) is 15.2 Å². The van der Waals surface area contributed by atoms with Crippen molar-refractivity contribution >= 4 is 5.91 Å². The number of likely N-dealkylation sites (tertiary alicyclic amines) is 1. The minimum atomic E-state index is -4.49. The maximum Gasteiger partial charge on any atom is 0.417 e. The molecule has 2 aliphatic rings. The summed E-state index contributed by atoms with van der Waals surface area (Å²) in [4.78, 5) is 19.0. The second-order valence-corrected chi connectivity index (χ2v) is 8.41. The summed E-state index contributed by atoms with van der Waals surface area (Å²) in [7, 11) is 1.38. The zero-order valence-electron chi connectivity index (χ0n) is 18.5. The second kappa shape index (κ2) is 10.1. The lowest BCUT2D eigenvalue weighted by Crippen LogP contribution is -2.44. The van der Waals surface area contributed by atoms with Crippen molar-refractivity contribution in [1.29, 1.82) is 0 Å². The fourth-order valence-corrected chi connectivity index (χ4v) is 4.64. The molecule has 1 aromatic heterocycles. The number of hydrogen-bond acceptors (Lipinski definition) is 5. The molecule has 2 fully saturated rings. The first-order valence-electron chi connectivity index (χ1n) is 11.2. The monoisotopic (exact) mass is 463 g/mol. The maximum absolute atomic E-state index is 13.3. The van der Waals surface area contributed by atoms with Gasteiger partial charge in [0.05, 0.1) is 18.7 Å². The lowest BCUT2D eigenvalue weighted by Gasteiger charge is -2.33. The van der Waals surface area contributed by atoms with Crippen LogP contribution < -0.4 is 10.1 Å². The standard InChI is InChI=1S/C24H28F3N3O3/c1-32-22-17(13-18(15-29-22)24(25,26)27)14-28-19-10-11-30(21(19)16-7-3-2-4-8-16)23(31)20-9-5-6-12-33-20/h2-4,7-8,13,15,19-21,28H,5-6,9-12,14H2,1H3/t19?,20-,21?/m0/s1. The molecule has 2 unspecified atom stereocenters. The number of methoxy groups -OCH3 is 1. The average Bonchev–Trinajstić information content (AvgIpc) is 3.26. The Balaban J connectivity index is 1.55. The Kier molecular flexibility index (Phi) is 7.19. The van der Waals surface area contributed by atoms with Gasteiger partial charge in [-0.05, 0) is 37.3 Å². The number of hydrogen-bond donors (Lipinski definition) is 1. The topological polar surface area (TPSA) is 63.7 Å². The molecule has 6 nitrogen and oxygen atoms in total. The molecule has 1 amide bonds. The first-order valence-corrected chi connectivity index (χ1v) is 11.2. The van der Waals surface area contributed by atoms with Crippen molar-refractivity contribution in [3.63, 3.8) is 0 Å². The Morgan fingerprint density at radius 3 is 2.70 bits per heavy atom. The number of nitrogens with one attached hydrogen (secondary N) is 1. The first kappa shape index (κ1) is 23.5. The number of benzene rings is 1. The van der Waals surface area contributed by atoms with Crippen LogP contribution in [0.2, 0.25) is 0 Å². The summed E-state index contributed by atoms with van der Waals surface area (Å²) in [5.74, 6) is 0.125. The first-order chi connectivity index (χ1) is 15.9. The number of ether oxygens (including phenoxy) is 2. The van der Waals surface area contributed by atoms with Gasteiger partial charge in [-0.2, -0.15) is 13.2 Å². The van der Waals surface area contributed by atoms with Gasteiger partial charge in [-0.15, -0.1) is 0 Å². The van der Waals surface area contributed by atoms with Crippen molar-refractivity contribution in [3.8, 4) is 5.88 Å². The van der Waals surface area contributed by atoms with Crippen molar-refractivity contribution in [2.45, 2.75) is 56.6 Å². The molecule has 2 aliphatic heterocycles. The third-order valence-corrected chi connectivity index (χ3v) is 6.28. The summed E-state index contributed by atoms with van der Waals surface area (Å²) < 4.78 is 50.5. The van der Waals surface area contributed by atoms with E-state index < -0.39 is 17.8 Å².